The lowest BCUT2D eigenvalue weighted by molar-refractivity contribution is 0.589. The second-order valence-electron chi connectivity index (χ2n) is 5.94. The predicted molar refractivity (Wildman–Crippen MR) is 80.2 cm³/mol. The maximum absolute atomic E-state index is 4.25. The molecule has 0 amide bonds. The average Bonchev–Trinajstić information content (AvgIpc) is 2.24. The minimum atomic E-state index is -1.03. The van der Waals surface area contributed by atoms with Crippen molar-refractivity contribution in [1.82, 2.24) is 5.32 Å². The van der Waals surface area contributed by atoms with Crippen LogP contribution in [0.25, 0.3) is 0 Å². The Balaban J connectivity index is 2.62. The highest BCUT2D eigenvalue weighted by atomic mass is 28.3. The number of hydrogen-bond acceptors (Lipinski definition) is 1. The second kappa shape index (κ2) is 6.17. The van der Waals surface area contributed by atoms with Crippen LogP contribution >= 0.6 is 0 Å². The van der Waals surface area contributed by atoms with Crippen molar-refractivity contribution in [2.24, 2.45) is 0 Å². The Morgan fingerprint density at radius 1 is 1.24 bits per heavy atom. The molecule has 0 saturated carbocycles. The van der Waals surface area contributed by atoms with Crippen molar-refractivity contribution in [3.8, 4) is 0 Å². The van der Waals surface area contributed by atoms with Crippen LogP contribution in [0.1, 0.15) is 18.0 Å². The molecule has 0 aromatic heterocycles. The summed E-state index contributed by atoms with van der Waals surface area (Å²) in [5, 5.41) is 3.39. The summed E-state index contributed by atoms with van der Waals surface area (Å²) in [5.41, 5.74) is 2.74. The van der Waals surface area contributed by atoms with E-state index in [2.05, 4.69) is 61.9 Å². The third-order valence-corrected chi connectivity index (χ3v) is 4.38. The summed E-state index contributed by atoms with van der Waals surface area (Å²) in [7, 11) is 0.999. The van der Waals surface area contributed by atoms with Crippen LogP contribution in [0.5, 0.6) is 0 Å². The van der Waals surface area contributed by atoms with E-state index in [0.717, 1.165) is 6.42 Å². The van der Waals surface area contributed by atoms with Gasteiger partial charge in [0.05, 0.1) is 0 Å². The molecule has 94 valence electrons. The highest BCUT2D eigenvalue weighted by Gasteiger charge is 2.17. The van der Waals surface area contributed by atoms with Gasteiger partial charge in [-0.3, -0.25) is 0 Å². The van der Waals surface area contributed by atoms with Crippen LogP contribution in [0, 0.1) is 0 Å². The lowest BCUT2D eigenvalue weighted by Crippen LogP contribution is -2.22. The van der Waals surface area contributed by atoms with Gasteiger partial charge in [-0.25, -0.2) is 0 Å². The van der Waals surface area contributed by atoms with E-state index in [4.69, 9.17) is 0 Å². The van der Waals surface area contributed by atoms with Gasteiger partial charge in [-0.2, -0.15) is 0 Å². The van der Waals surface area contributed by atoms with Crippen molar-refractivity contribution < 1.29 is 0 Å². The van der Waals surface area contributed by atoms with Gasteiger partial charge in [0, 0.05) is 14.1 Å². The van der Waals surface area contributed by atoms with Crippen LogP contribution in [0.15, 0.2) is 42.5 Å². The van der Waals surface area contributed by atoms with E-state index >= 15 is 0 Å². The van der Waals surface area contributed by atoms with Gasteiger partial charge in [-0.1, -0.05) is 55.5 Å². The zero-order valence-electron chi connectivity index (χ0n) is 11.6. The first-order valence-electron chi connectivity index (χ1n) is 6.31. The maximum Gasteiger partial charge on any atom is 0.0483 e. The van der Waals surface area contributed by atoms with Gasteiger partial charge >= 0.3 is 0 Å². The Morgan fingerprint density at radius 3 is 2.29 bits per heavy atom. The van der Waals surface area contributed by atoms with Gasteiger partial charge < -0.3 is 5.32 Å². The fraction of sp³-hybridized carbons (Fsp3) is 0.467. The summed E-state index contributed by atoms with van der Waals surface area (Å²) in [4.78, 5) is 0. The molecule has 0 fully saturated rings. The highest BCUT2D eigenvalue weighted by molar-refractivity contribution is 6.76. The van der Waals surface area contributed by atoms with Crippen molar-refractivity contribution in [2.45, 2.75) is 38.1 Å². The quantitative estimate of drug-likeness (QED) is 0.586. The van der Waals surface area contributed by atoms with E-state index in [0.29, 0.717) is 6.04 Å². The van der Waals surface area contributed by atoms with Crippen LogP contribution in [0.3, 0.4) is 0 Å². The van der Waals surface area contributed by atoms with Crippen LogP contribution in [0.2, 0.25) is 25.7 Å². The summed E-state index contributed by atoms with van der Waals surface area (Å²) in [6.45, 7) is 11.4. The lowest BCUT2D eigenvalue weighted by atomic mass is 10.0. The summed E-state index contributed by atoms with van der Waals surface area (Å²) in [6, 6.07) is 12.2. The Hall–Kier alpha value is -0.863. The number of rotatable bonds is 6. The maximum atomic E-state index is 4.25. The molecule has 0 saturated heterocycles. The van der Waals surface area contributed by atoms with Crippen LogP contribution in [-0.4, -0.2) is 15.1 Å². The first-order valence-corrected chi connectivity index (χ1v) is 10.0. The molecule has 1 aromatic rings. The van der Waals surface area contributed by atoms with E-state index in [1.807, 2.05) is 7.05 Å². The largest absolute Gasteiger partial charge is 0.313 e. The number of hydrogen-bond donors (Lipinski definition) is 1. The lowest BCUT2D eigenvalue weighted by Gasteiger charge is -2.22. The van der Waals surface area contributed by atoms with E-state index in [1.165, 1.54) is 17.2 Å². The molecule has 1 unspecified atom stereocenters. The van der Waals surface area contributed by atoms with Crippen molar-refractivity contribution >= 4 is 8.07 Å². The first kappa shape index (κ1) is 14.2. The standard InChI is InChI=1S/C15H25NSi/c1-13(12-17(3,4)5)11-15(16-2)14-9-7-6-8-10-14/h6-10,15-16H,1,11-12H2,2-5H3. The van der Waals surface area contributed by atoms with Crippen LogP contribution < -0.4 is 5.32 Å². The monoisotopic (exact) mass is 247 g/mol. The first-order chi connectivity index (χ1) is 7.92. The van der Waals surface area contributed by atoms with Gasteiger partial charge in [0.15, 0.2) is 0 Å². The van der Waals surface area contributed by atoms with E-state index in [9.17, 15) is 0 Å². The van der Waals surface area contributed by atoms with Crippen molar-refractivity contribution in [3.05, 3.63) is 48.0 Å². The fourth-order valence-corrected chi connectivity index (χ4v) is 3.83. The number of nitrogens with one attached hydrogen (secondary N) is 1. The molecule has 1 N–H and O–H groups in total. The topological polar surface area (TPSA) is 12.0 Å². The zero-order chi connectivity index (χ0) is 12.9. The summed E-state index contributed by atoms with van der Waals surface area (Å²) >= 11 is 0. The van der Waals surface area contributed by atoms with Crippen LogP contribution in [-0.2, 0) is 0 Å². The smallest absolute Gasteiger partial charge is 0.0483 e. The summed E-state index contributed by atoms with van der Waals surface area (Å²) in [6.07, 6.45) is 1.05. The fourth-order valence-electron chi connectivity index (χ4n) is 2.18. The molecule has 17 heavy (non-hydrogen) atoms. The van der Waals surface area contributed by atoms with Crippen molar-refractivity contribution in [2.75, 3.05) is 7.05 Å². The van der Waals surface area contributed by atoms with Crippen molar-refractivity contribution in [3.63, 3.8) is 0 Å². The highest BCUT2D eigenvalue weighted by Crippen LogP contribution is 2.25. The van der Waals surface area contributed by atoms with E-state index in [1.54, 1.807) is 0 Å². The predicted octanol–water partition coefficient (Wildman–Crippen LogP) is 4.23. The van der Waals surface area contributed by atoms with Gasteiger partial charge in [0.25, 0.3) is 0 Å². The molecule has 0 aliphatic carbocycles. The van der Waals surface area contributed by atoms with Gasteiger partial charge in [-0.15, -0.1) is 6.58 Å². The average molecular weight is 247 g/mol. The molecule has 0 aliphatic rings. The minimum Gasteiger partial charge on any atom is -0.313 e. The van der Waals surface area contributed by atoms with E-state index in [-0.39, 0.29) is 0 Å². The molecule has 1 rings (SSSR count). The molecule has 1 atom stereocenters. The van der Waals surface area contributed by atoms with Crippen molar-refractivity contribution in [1.29, 1.82) is 0 Å². The second-order valence-corrected chi connectivity index (χ2v) is 11.4. The third kappa shape index (κ3) is 5.33. The van der Waals surface area contributed by atoms with Gasteiger partial charge in [-0.05, 0) is 25.1 Å². The zero-order valence-corrected chi connectivity index (χ0v) is 12.6. The normalized spacial score (nSPS) is 13.4. The minimum absolute atomic E-state index is 0.403. The molecule has 0 spiro atoms. The molecule has 0 radical (unpaired) electrons. The van der Waals surface area contributed by atoms with Crippen LogP contribution in [0.4, 0.5) is 0 Å². The Labute approximate surface area is 107 Å². The summed E-state index contributed by atoms with van der Waals surface area (Å²) < 4.78 is 0. The Bertz CT molecular complexity index is 351. The number of benzene rings is 1. The third-order valence-electron chi connectivity index (χ3n) is 2.82. The van der Waals surface area contributed by atoms with E-state index < -0.39 is 8.07 Å². The molecule has 2 heteroatoms. The Kier molecular flexibility index (Phi) is 5.16. The van der Waals surface area contributed by atoms with Gasteiger partial charge in [0.1, 0.15) is 0 Å². The summed E-state index contributed by atoms with van der Waals surface area (Å²) in [5.74, 6) is 0. The molecule has 0 heterocycles. The molecule has 0 aliphatic heterocycles. The molecular formula is C15H25NSi. The van der Waals surface area contributed by atoms with Gasteiger partial charge in [0.2, 0.25) is 0 Å². The molecule has 1 nitrogen and oxygen atoms in total. The molecule has 0 bridgehead atoms. The SMILES string of the molecule is C=C(CC(NC)c1ccccc1)C[Si](C)(C)C. The molecular weight excluding hydrogens is 222 g/mol. The Morgan fingerprint density at radius 2 is 1.82 bits per heavy atom. The molecule has 1 aromatic carbocycles.